The Balaban J connectivity index is 1.15. The van der Waals surface area contributed by atoms with Crippen LogP contribution in [0.25, 0.3) is 44.3 Å². The van der Waals surface area contributed by atoms with E-state index in [2.05, 4.69) is 254 Å². The molecule has 0 atom stereocenters. The summed E-state index contributed by atoms with van der Waals surface area (Å²) in [6.45, 7) is 0. The highest BCUT2D eigenvalue weighted by atomic mass is 16.3. The number of fused-ring (bicyclic) bond motifs is 7. The Morgan fingerprint density at radius 2 is 0.788 bits per heavy atom. The highest BCUT2D eigenvalue weighted by Crippen LogP contribution is 2.63. The number of anilines is 3. The Bertz CT molecular complexity index is 3490. The first-order chi connectivity index (χ1) is 32.8. The van der Waals surface area contributed by atoms with Crippen LogP contribution < -0.4 is 4.90 Å². The van der Waals surface area contributed by atoms with Gasteiger partial charge in [0.1, 0.15) is 5.58 Å². The molecule has 310 valence electrons. The average Bonchev–Trinajstić information content (AvgIpc) is 4.09. The zero-order chi connectivity index (χ0) is 43.7. The minimum Gasteiger partial charge on any atom is -0.464 e. The lowest BCUT2D eigenvalue weighted by molar-refractivity contribution is 0.616. The molecule has 0 spiro atoms. The Morgan fingerprint density at radius 1 is 0.318 bits per heavy atom. The fourth-order valence-corrected chi connectivity index (χ4v) is 11.8. The molecule has 13 rings (SSSR count). The molecular formula is C64H43NO. The molecule has 0 N–H and O–H groups in total. The summed E-state index contributed by atoms with van der Waals surface area (Å²) >= 11 is 0. The molecule has 2 aliphatic carbocycles. The number of nitrogens with zero attached hydrogens (tertiary/aromatic N) is 1. The second kappa shape index (κ2) is 15.1. The van der Waals surface area contributed by atoms with Gasteiger partial charge in [0.15, 0.2) is 0 Å². The van der Waals surface area contributed by atoms with E-state index in [-0.39, 0.29) is 0 Å². The van der Waals surface area contributed by atoms with Crippen LogP contribution in [0.2, 0.25) is 0 Å². The molecule has 0 radical (unpaired) electrons. The molecule has 0 fully saturated rings. The van der Waals surface area contributed by atoms with Gasteiger partial charge in [-0.1, -0.05) is 218 Å². The van der Waals surface area contributed by atoms with Crippen LogP contribution in [0.4, 0.5) is 17.1 Å². The summed E-state index contributed by atoms with van der Waals surface area (Å²) in [6.07, 6.45) is 1.78. The maximum atomic E-state index is 5.86. The van der Waals surface area contributed by atoms with Crippen molar-refractivity contribution in [3.05, 3.63) is 306 Å². The molecule has 2 heteroatoms. The summed E-state index contributed by atoms with van der Waals surface area (Å²) in [7, 11) is 0. The van der Waals surface area contributed by atoms with E-state index in [0.717, 1.165) is 39.2 Å². The first-order valence-electron chi connectivity index (χ1n) is 22.8. The largest absolute Gasteiger partial charge is 0.464 e. The molecule has 1 aromatic heterocycles. The number of benzene rings is 10. The van der Waals surface area contributed by atoms with Crippen LogP contribution in [-0.2, 0) is 10.8 Å². The van der Waals surface area contributed by atoms with Crippen LogP contribution in [0.15, 0.2) is 265 Å². The van der Waals surface area contributed by atoms with Crippen molar-refractivity contribution < 1.29 is 4.42 Å². The van der Waals surface area contributed by atoms with Gasteiger partial charge in [-0.2, -0.15) is 0 Å². The van der Waals surface area contributed by atoms with Crippen molar-refractivity contribution in [3.63, 3.8) is 0 Å². The quantitative estimate of drug-likeness (QED) is 0.152. The lowest BCUT2D eigenvalue weighted by Crippen LogP contribution is -2.30. The van der Waals surface area contributed by atoms with Gasteiger partial charge >= 0.3 is 0 Å². The molecule has 2 nitrogen and oxygen atoms in total. The van der Waals surface area contributed by atoms with Crippen LogP contribution >= 0.6 is 0 Å². The summed E-state index contributed by atoms with van der Waals surface area (Å²) in [4.78, 5) is 2.56. The van der Waals surface area contributed by atoms with Crippen molar-refractivity contribution in [1.29, 1.82) is 0 Å². The van der Waals surface area contributed by atoms with E-state index in [4.69, 9.17) is 4.42 Å². The highest BCUT2D eigenvalue weighted by molar-refractivity contribution is 6.01. The van der Waals surface area contributed by atoms with Crippen molar-refractivity contribution in [2.75, 3.05) is 4.90 Å². The van der Waals surface area contributed by atoms with E-state index in [0.29, 0.717) is 0 Å². The lowest BCUT2D eigenvalue weighted by atomic mass is 9.67. The van der Waals surface area contributed by atoms with E-state index in [1.807, 2.05) is 6.07 Å². The smallest absolute Gasteiger partial charge is 0.134 e. The minimum absolute atomic E-state index is 0.560. The molecule has 0 amide bonds. The lowest BCUT2D eigenvalue weighted by Gasteiger charge is -2.38. The third-order valence-corrected chi connectivity index (χ3v) is 14.3. The number of rotatable bonds is 8. The topological polar surface area (TPSA) is 16.4 Å². The van der Waals surface area contributed by atoms with Crippen molar-refractivity contribution in [2.24, 2.45) is 0 Å². The molecule has 0 unspecified atom stereocenters. The van der Waals surface area contributed by atoms with Gasteiger partial charge in [-0.3, -0.25) is 0 Å². The standard InChI is InChI=1S/C64H43NO/c1-5-20-45(21-6-1)63(46-22-7-2-8-23-46)56-33-16-14-29-54(56)61-57(63)34-19-35-58(61)65(49-40-38-44(39-41-49)50-30-18-37-60-52(50)42-43-66-60)59-36-17-31-53-51-28-13-15-32-55(51)64(62(53)59,47-24-9-3-10-25-47)48-26-11-4-12-27-48/h1-43H. The molecule has 66 heavy (non-hydrogen) atoms. The summed E-state index contributed by atoms with van der Waals surface area (Å²) in [5.74, 6) is 0. The first kappa shape index (κ1) is 38.0. The highest BCUT2D eigenvalue weighted by Gasteiger charge is 2.50. The molecule has 10 aromatic carbocycles. The molecule has 0 aliphatic heterocycles. The number of hydrogen-bond acceptors (Lipinski definition) is 2. The predicted molar refractivity (Wildman–Crippen MR) is 271 cm³/mol. The SMILES string of the molecule is c1ccc(C2(c3ccccc3)c3ccccc3-c3c(N(c4ccc(-c5cccc6occc56)cc4)c4cccc5c4C(c4ccccc4)(c4ccccc4)c4ccccc4-5)cccc32)cc1. The summed E-state index contributed by atoms with van der Waals surface area (Å²) < 4.78 is 5.86. The van der Waals surface area contributed by atoms with E-state index >= 15 is 0 Å². The molecule has 0 saturated carbocycles. The fraction of sp³-hybridized carbons (Fsp3) is 0.0312. The van der Waals surface area contributed by atoms with E-state index in [1.54, 1.807) is 6.26 Å². The van der Waals surface area contributed by atoms with Crippen LogP contribution in [0, 0.1) is 0 Å². The van der Waals surface area contributed by atoms with Crippen LogP contribution in [-0.4, -0.2) is 0 Å². The fourth-order valence-electron chi connectivity index (χ4n) is 11.8. The second-order valence-corrected chi connectivity index (χ2v) is 17.5. The van der Waals surface area contributed by atoms with Gasteiger partial charge in [-0.05, 0) is 103 Å². The Labute approximate surface area is 385 Å². The minimum atomic E-state index is -0.631. The van der Waals surface area contributed by atoms with Crippen LogP contribution in [0.5, 0.6) is 0 Å². The Kier molecular flexibility index (Phi) is 8.69. The summed E-state index contributed by atoms with van der Waals surface area (Å²) in [5.41, 5.74) is 20.3. The average molecular weight is 842 g/mol. The molecule has 2 aliphatic rings. The van der Waals surface area contributed by atoms with E-state index in [9.17, 15) is 0 Å². The normalized spacial score (nSPS) is 13.7. The number of furan rings is 1. The maximum Gasteiger partial charge on any atom is 0.134 e. The summed E-state index contributed by atoms with van der Waals surface area (Å²) in [5, 5.41) is 1.10. The molecular weight excluding hydrogens is 799 g/mol. The first-order valence-corrected chi connectivity index (χ1v) is 22.8. The third kappa shape index (κ3) is 5.36. The van der Waals surface area contributed by atoms with Gasteiger partial charge in [0, 0.05) is 22.2 Å². The van der Waals surface area contributed by atoms with Gasteiger partial charge < -0.3 is 9.32 Å². The molecule has 0 bridgehead atoms. The van der Waals surface area contributed by atoms with E-state index in [1.165, 1.54) is 66.8 Å². The van der Waals surface area contributed by atoms with Crippen LogP contribution in [0.1, 0.15) is 44.5 Å². The third-order valence-electron chi connectivity index (χ3n) is 14.3. The molecule has 11 aromatic rings. The van der Waals surface area contributed by atoms with Gasteiger partial charge in [0.25, 0.3) is 0 Å². The van der Waals surface area contributed by atoms with Crippen molar-refractivity contribution in [1.82, 2.24) is 0 Å². The Morgan fingerprint density at radius 3 is 1.42 bits per heavy atom. The van der Waals surface area contributed by atoms with Crippen molar-refractivity contribution >= 4 is 28.0 Å². The van der Waals surface area contributed by atoms with Crippen molar-refractivity contribution in [2.45, 2.75) is 10.8 Å². The molecule has 0 saturated heterocycles. The Hall–Kier alpha value is -8.46. The monoisotopic (exact) mass is 841 g/mol. The zero-order valence-electron chi connectivity index (χ0n) is 36.2. The van der Waals surface area contributed by atoms with Crippen molar-refractivity contribution in [3.8, 4) is 33.4 Å². The second-order valence-electron chi connectivity index (χ2n) is 17.5. The zero-order valence-corrected chi connectivity index (χ0v) is 36.2. The number of hydrogen-bond donors (Lipinski definition) is 0. The van der Waals surface area contributed by atoms with Crippen LogP contribution in [0.3, 0.4) is 0 Å². The molecule has 1 heterocycles. The predicted octanol–water partition coefficient (Wildman–Crippen LogP) is 16.3. The van der Waals surface area contributed by atoms with E-state index < -0.39 is 10.8 Å². The van der Waals surface area contributed by atoms with Gasteiger partial charge in [0.05, 0.1) is 28.5 Å². The maximum absolute atomic E-state index is 5.86. The van der Waals surface area contributed by atoms with Gasteiger partial charge in [0.2, 0.25) is 0 Å². The van der Waals surface area contributed by atoms with Gasteiger partial charge in [-0.25, -0.2) is 0 Å². The van der Waals surface area contributed by atoms with Gasteiger partial charge in [-0.15, -0.1) is 0 Å². The summed E-state index contributed by atoms with van der Waals surface area (Å²) in [6, 6.07) is 94.1.